The highest BCUT2D eigenvalue weighted by Gasteiger charge is 2.34. The number of hydrogen-bond donors (Lipinski definition) is 1. The van der Waals surface area contributed by atoms with Crippen LogP contribution in [-0.2, 0) is 11.2 Å². The fourth-order valence-electron chi connectivity index (χ4n) is 3.27. The number of imide groups is 1. The van der Waals surface area contributed by atoms with Crippen LogP contribution in [0.2, 0.25) is 0 Å². The van der Waals surface area contributed by atoms with Crippen LogP contribution in [0.5, 0.6) is 0 Å². The number of hydrogen-bond acceptors (Lipinski definition) is 5. The fraction of sp³-hybridized carbons (Fsp3) is 0.182. The second kappa shape index (κ2) is 8.36. The lowest BCUT2D eigenvalue weighted by atomic mass is 10.1. The van der Waals surface area contributed by atoms with Gasteiger partial charge >= 0.3 is 0 Å². The summed E-state index contributed by atoms with van der Waals surface area (Å²) < 4.78 is 0. The number of carbonyl (C=O) groups is 3. The summed E-state index contributed by atoms with van der Waals surface area (Å²) in [6, 6.07) is 16.8. The molecule has 1 aromatic heterocycles. The summed E-state index contributed by atoms with van der Waals surface area (Å²) in [6.45, 7) is 0.219. The zero-order valence-electron chi connectivity index (χ0n) is 15.6. The number of nitrogens with zero attached hydrogens (tertiary/aromatic N) is 2. The first-order valence-electron chi connectivity index (χ1n) is 9.35. The van der Waals surface area contributed by atoms with Crippen LogP contribution < -0.4 is 5.32 Å². The molecule has 1 aliphatic heterocycles. The van der Waals surface area contributed by atoms with Crippen LogP contribution in [-0.4, -0.2) is 34.2 Å². The van der Waals surface area contributed by atoms with Crippen molar-refractivity contribution in [1.29, 1.82) is 0 Å². The lowest BCUT2D eigenvalue weighted by molar-refractivity contribution is -0.116. The number of fused-ring (bicyclic) bond motifs is 1. The molecule has 7 heteroatoms. The SMILES string of the molecule is O=C(CCCN1C(=O)c2ccccc2C1=O)Nc1ncc(Cc2ccccc2)s1. The minimum atomic E-state index is -0.295. The molecule has 0 aliphatic carbocycles. The van der Waals surface area contributed by atoms with Crippen molar-refractivity contribution in [3.05, 3.63) is 82.4 Å². The highest BCUT2D eigenvalue weighted by atomic mass is 32.1. The third-order valence-corrected chi connectivity index (χ3v) is 5.60. The van der Waals surface area contributed by atoms with Gasteiger partial charge in [0.2, 0.25) is 5.91 Å². The number of rotatable bonds is 7. The molecule has 2 aromatic carbocycles. The third kappa shape index (κ3) is 4.25. The highest BCUT2D eigenvalue weighted by Crippen LogP contribution is 2.23. The smallest absolute Gasteiger partial charge is 0.261 e. The monoisotopic (exact) mass is 405 g/mol. The van der Waals surface area contributed by atoms with E-state index >= 15 is 0 Å². The zero-order chi connectivity index (χ0) is 20.2. The summed E-state index contributed by atoms with van der Waals surface area (Å²) in [5, 5.41) is 3.35. The Morgan fingerprint density at radius 3 is 2.31 bits per heavy atom. The molecule has 6 nitrogen and oxygen atoms in total. The summed E-state index contributed by atoms with van der Waals surface area (Å²) in [5.74, 6) is -0.768. The average Bonchev–Trinajstić information content (AvgIpc) is 3.26. The van der Waals surface area contributed by atoms with Crippen molar-refractivity contribution in [2.24, 2.45) is 0 Å². The zero-order valence-corrected chi connectivity index (χ0v) is 16.4. The van der Waals surface area contributed by atoms with Crippen molar-refractivity contribution in [3.8, 4) is 0 Å². The molecule has 0 radical (unpaired) electrons. The third-order valence-electron chi connectivity index (χ3n) is 4.68. The number of anilines is 1. The summed E-state index contributed by atoms with van der Waals surface area (Å²) in [6.07, 6.45) is 3.15. The van der Waals surface area contributed by atoms with Gasteiger partial charge in [0, 0.05) is 30.5 Å². The molecule has 3 amide bonds. The number of thiazole rings is 1. The normalized spacial score (nSPS) is 12.9. The van der Waals surface area contributed by atoms with Gasteiger partial charge in [0.25, 0.3) is 11.8 Å². The molecule has 0 fully saturated rings. The maximum Gasteiger partial charge on any atom is 0.261 e. The van der Waals surface area contributed by atoms with Gasteiger partial charge in [-0.05, 0) is 24.1 Å². The topological polar surface area (TPSA) is 79.4 Å². The fourth-order valence-corrected chi connectivity index (χ4v) is 4.13. The van der Waals surface area contributed by atoms with Gasteiger partial charge in [-0.2, -0.15) is 0 Å². The van der Waals surface area contributed by atoms with E-state index in [4.69, 9.17) is 0 Å². The van der Waals surface area contributed by atoms with Gasteiger partial charge in [0.1, 0.15) is 0 Å². The van der Waals surface area contributed by atoms with Gasteiger partial charge in [0.15, 0.2) is 5.13 Å². The van der Waals surface area contributed by atoms with Gasteiger partial charge in [-0.1, -0.05) is 42.5 Å². The van der Waals surface area contributed by atoms with Crippen molar-refractivity contribution in [1.82, 2.24) is 9.88 Å². The second-order valence-corrected chi connectivity index (χ2v) is 7.87. The van der Waals surface area contributed by atoms with Crippen LogP contribution >= 0.6 is 11.3 Å². The summed E-state index contributed by atoms with van der Waals surface area (Å²) in [5.41, 5.74) is 2.04. The average molecular weight is 405 g/mol. The van der Waals surface area contributed by atoms with Crippen LogP contribution in [0.4, 0.5) is 5.13 Å². The van der Waals surface area contributed by atoms with Gasteiger partial charge in [0.05, 0.1) is 11.1 Å². The molecule has 1 N–H and O–H groups in total. The van der Waals surface area contributed by atoms with E-state index in [1.54, 1.807) is 30.5 Å². The highest BCUT2D eigenvalue weighted by molar-refractivity contribution is 7.15. The van der Waals surface area contributed by atoms with Crippen LogP contribution in [0.1, 0.15) is 44.0 Å². The molecule has 0 saturated heterocycles. The molecule has 0 saturated carbocycles. The summed E-state index contributed by atoms with van der Waals surface area (Å²) in [4.78, 5) is 43.4. The predicted octanol–water partition coefficient (Wildman–Crippen LogP) is 3.75. The van der Waals surface area contributed by atoms with Gasteiger partial charge in [-0.25, -0.2) is 4.98 Å². The van der Waals surface area contributed by atoms with Crippen molar-refractivity contribution in [2.45, 2.75) is 19.3 Å². The number of aromatic nitrogens is 1. The molecular weight excluding hydrogens is 386 g/mol. The van der Waals surface area contributed by atoms with E-state index in [0.29, 0.717) is 22.7 Å². The molecule has 0 bridgehead atoms. The van der Waals surface area contributed by atoms with E-state index in [1.807, 2.05) is 18.2 Å². The molecule has 1 aliphatic rings. The molecule has 0 spiro atoms. The Morgan fingerprint density at radius 1 is 0.966 bits per heavy atom. The Morgan fingerprint density at radius 2 is 1.62 bits per heavy atom. The molecular formula is C22H19N3O3S. The van der Waals surface area contributed by atoms with E-state index in [0.717, 1.165) is 11.3 Å². The Labute approximate surface area is 172 Å². The summed E-state index contributed by atoms with van der Waals surface area (Å²) >= 11 is 1.45. The van der Waals surface area contributed by atoms with E-state index in [1.165, 1.54) is 21.8 Å². The first kappa shape index (κ1) is 19.0. The molecule has 0 unspecified atom stereocenters. The maximum atomic E-state index is 12.3. The Kier molecular flexibility index (Phi) is 5.48. The van der Waals surface area contributed by atoms with Crippen LogP contribution in [0, 0.1) is 0 Å². The molecule has 2 heterocycles. The van der Waals surface area contributed by atoms with Crippen LogP contribution in [0.15, 0.2) is 60.8 Å². The lowest BCUT2D eigenvalue weighted by Gasteiger charge is -2.13. The van der Waals surface area contributed by atoms with E-state index < -0.39 is 0 Å². The lowest BCUT2D eigenvalue weighted by Crippen LogP contribution is -2.31. The quantitative estimate of drug-likeness (QED) is 0.607. The van der Waals surface area contributed by atoms with Crippen molar-refractivity contribution in [2.75, 3.05) is 11.9 Å². The number of carbonyl (C=O) groups excluding carboxylic acids is 3. The van der Waals surface area contributed by atoms with E-state index in [-0.39, 0.29) is 30.7 Å². The second-order valence-electron chi connectivity index (χ2n) is 6.75. The Bertz CT molecular complexity index is 1030. The first-order valence-corrected chi connectivity index (χ1v) is 10.2. The molecule has 29 heavy (non-hydrogen) atoms. The minimum Gasteiger partial charge on any atom is -0.302 e. The van der Waals surface area contributed by atoms with Crippen LogP contribution in [0.25, 0.3) is 0 Å². The molecule has 4 rings (SSSR count). The first-order chi connectivity index (χ1) is 14.1. The standard InChI is InChI=1S/C22H19N3O3S/c26-19(24-22-23-14-16(29-22)13-15-7-2-1-3-8-15)11-6-12-25-20(27)17-9-4-5-10-18(17)21(25)28/h1-5,7-10,14H,6,11-13H2,(H,23,24,26). The predicted molar refractivity (Wildman–Crippen MR) is 111 cm³/mol. The number of amides is 3. The summed E-state index contributed by atoms with van der Waals surface area (Å²) in [7, 11) is 0. The van der Waals surface area contributed by atoms with Crippen molar-refractivity contribution >= 4 is 34.2 Å². The number of nitrogens with one attached hydrogen (secondary N) is 1. The van der Waals surface area contributed by atoms with Gasteiger partial charge < -0.3 is 5.32 Å². The van der Waals surface area contributed by atoms with E-state index in [9.17, 15) is 14.4 Å². The van der Waals surface area contributed by atoms with Crippen LogP contribution in [0.3, 0.4) is 0 Å². The molecule has 146 valence electrons. The Balaban J connectivity index is 1.26. The van der Waals surface area contributed by atoms with Gasteiger partial charge in [-0.15, -0.1) is 11.3 Å². The maximum absolute atomic E-state index is 12.3. The van der Waals surface area contributed by atoms with E-state index in [2.05, 4.69) is 22.4 Å². The van der Waals surface area contributed by atoms with Crippen molar-refractivity contribution < 1.29 is 14.4 Å². The minimum absolute atomic E-state index is 0.178. The number of benzene rings is 2. The molecule has 3 aromatic rings. The van der Waals surface area contributed by atoms with Gasteiger partial charge in [-0.3, -0.25) is 19.3 Å². The largest absolute Gasteiger partial charge is 0.302 e. The molecule has 0 atom stereocenters. The van der Waals surface area contributed by atoms with Crippen molar-refractivity contribution in [3.63, 3.8) is 0 Å². The Hall–Kier alpha value is -3.32.